The lowest BCUT2D eigenvalue weighted by Crippen LogP contribution is -1.53. The number of thioether (sulfide) groups is 1. The smallest absolute Gasteiger partial charge is 0.0579 e. The summed E-state index contributed by atoms with van der Waals surface area (Å²) in [5.41, 5.74) is 1.79. The van der Waals surface area contributed by atoms with Crippen molar-refractivity contribution in [2.24, 2.45) is 4.99 Å². The molecule has 0 atom stereocenters. The molecular formula is C5H9NS. The first-order chi connectivity index (χ1) is 3.41. The van der Waals surface area contributed by atoms with E-state index in [0.717, 1.165) is 0 Å². The van der Waals surface area contributed by atoms with Crippen LogP contribution in [0.5, 0.6) is 0 Å². The highest BCUT2D eigenvalue weighted by atomic mass is 32.2. The van der Waals surface area contributed by atoms with Crippen LogP contribution in [0.3, 0.4) is 0 Å². The maximum Gasteiger partial charge on any atom is 0.0579 e. The first kappa shape index (κ1) is 6.76. The van der Waals surface area contributed by atoms with E-state index < -0.39 is 0 Å². The largest absolute Gasteiger partial charge is 0.289 e. The third kappa shape index (κ3) is 5.76. The molecule has 0 N–H and O–H groups in total. The average Bonchev–Trinajstić information content (AvgIpc) is 1.69. The van der Waals surface area contributed by atoms with E-state index in [1.165, 1.54) is 0 Å². The van der Waals surface area contributed by atoms with Crippen LogP contribution in [-0.2, 0) is 0 Å². The van der Waals surface area contributed by atoms with Crippen LogP contribution in [0.1, 0.15) is 6.92 Å². The number of hydrogen-bond donors (Lipinski definition) is 0. The van der Waals surface area contributed by atoms with E-state index >= 15 is 0 Å². The van der Waals surface area contributed by atoms with E-state index in [1.54, 1.807) is 24.4 Å². The van der Waals surface area contributed by atoms with Crippen molar-refractivity contribution in [1.29, 1.82) is 0 Å². The van der Waals surface area contributed by atoms with E-state index in [0.29, 0.717) is 0 Å². The molecule has 0 fully saturated rings. The molecule has 0 saturated heterocycles. The van der Waals surface area contributed by atoms with Crippen LogP contribution in [0.25, 0.3) is 0 Å². The number of nitrogens with zero attached hydrogens (tertiary/aromatic N) is 1. The molecule has 0 spiro atoms. The van der Waals surface area contributed by atoms with Gasteiger partial charge in [0.2, 0.25) is 0 Å². The molecule has 40 valence electrons. The fourth-order valence-electron chi connectivity index (χ4n) is 0.175. The lowest BCUT2D eigenvalue weighted by molar-refractivity contribution is 1.49. The fraction of sp³-hybridized carbons (Fsp3) is 0.400. The minimum atomic E-state index is 1.58. The second kappa shape index (κ2) is 5.76. The zero-order chi connectivity index (χ0) is 5.54. The van der Waals surface area contributed by atoms with Crippen molar-refractivity contribution >= 4 is 17.3 Å². The van der Waals surface area contributed by atoms with E-state index in [-0.39, 0.29) is 0 Å². The maximum atomic E-state index is 3.76. The Kier molecular flexibility index (Phi) is 5.56. The number of allylic oxidation sites excluding steroid dienone is 1. The normalized spacial score (nSPS) is 11.7. The summed E-state index contributed by atoms with van der Waals surface area (Å²) in [6.45, 7) is 1.98. The van der Waals surface area contributed by atoms with Gasteiger partial charge in [0, 0.05) is 7.05 Å². The van der Waals surface area contributed by atoms with E-state index in [2.05, 4.69) is 4.99 Å². The van der Waals surface area contributed by atoms with Crippen molar-refractivity contribution in [3.8, 4) is 0 Å². The second-order valence-electron chi connectivity index (χ2n) is 0.969. The van der Waals surface area contributed by atoms with Crippen LogP contribution < -0.4 is 0 Å². The molecule has 0 aromatic heterocycles. The van der Waals surface area contributed by atoms with Gasteiger partial charge < -0.3 is 0 Å². The molecule has 0 aliphatic carbocycles. The van der Waals surface area contributed by atoms with Gasteiger partial charge >= 0.3 is 0 Å². The Morgan fingerprint density at radius 3 is 2.71 bits per heavy atom. The lowest BCUT2D eigenvalue weighted by atomic mass is 10.8. The van der Waals surface area contributed by atoms with Crippen molar-refractivity contribution < 1.29 is 0 Å². The van der Waals surface area contributed by atoms with E-state index in [1.807, 2.05) is 18.4 Å². The molecule has 0 bridgehead atoms. The molecule has 0 aliphatic heterocycles. The summed E-state index contributed by atoms with van der Waals surface area (Å²) >= 11 is 1.58. The number of hydrogen-bond acceptors (Lipinski definition) is 2. The Labute approximate surface area is 48.5 Å². The monoisotopic (exact) mass is 115 g/mol. The van der Waals surface area contributed by atoms with Crippen LogP contribution in [0.2, 0.25) is 0 Å². The summed E-state index contributed by atoms with van der Waals surface area (Å²) in [6, 6.07) is 0. The number of aliphatic imine (C=N–C) groups is 1. The van der Waals surface area contributed by atoms with Gasteiger partial charge in [-0.1, -0.05) is 17.8 Å². The van der Waals surface area contributed by atoms with Crippen molar-refractivity contribution in [3.05, 3.63) is 11.5 Å². The van der Waals surface area contributed by atoms with Crippen LogP contribution >= 0.6 is 11.8 Å². The molecule has 1 nitrogen and oxygen atoms in total. The predicted molar refractivity (Wildman–Crippen MR) is 36.8 cm³/mol. The molecule has 0 heterocycles. The zero-order valence-corrected chi connectivity index (χ0v) is 5.40. The molecule has 0 rings (SSSR count). The molecule has 2 heteroatoms. The molecule has 0 aliphatic rings. The Morgan fingerprint density at radius 2 is 2.29 bits per heavy atom. The molecule has 0 radical (unpaired) electrons. The van der Waals surface area contributed by atoms with Crippen LogP contribution in [0.4, 0.5) is 0 Å². The summed E-state index contributed by atoms with van der Waals surface area (Å²) in [6.07, 6.45) is 1.98. The highest BCUT2D eigenvalue weighted by Gasteiger charge is 1.62. The summed E-state index contributed by atoms with van der Waals surface area (Å²) in [5.74, 6) is 0. The minimum absolute atomic E-state index is 1.58. The van der Waals surface area contributed by atoms with Crippen molar-refractivity contribution in [3.63, 3.8) is 0 Å². The van der Waals surface area contributed by atoms with Gasteiger partial charge in [-0.2, -0.15) is 0 Å². The minimum Gasteiger partial charge on any atom is -0.289 e. The summed E-state index contributed by atoms with van der Waals surface area (Å²) in [4.78, 5) is 3.76. The van der Waals surface area contributed by atoms with Crippen LogP contribution in [-0.4, -0.2) is 12.6 Å². The highest BCUT2D eigenvalue weighted by molar-refractivity contribution is 8.14. The van der Waals surface area contributed by atoms with Gasteiger partial charge in [-0.25, -0.2) is 0 Å². The van der Waals surface area contributed by atoms with Crippen molar-refractivity contribution in [2.75, 3.05) is 7.05 Å². The van der Waals surface area contributed by atoms with Crippen LogP contribution in [0, 0.1) is 0 Å². The standard InChI is InChI=1S/C5H9NS/c1-3-4-7-5-6-2/h3-5H,1-2H3/b4-3+,6-5-. The number of rotatable bonds is 2. The van der Waals surface area contributed by atoms with Gasteiger partial charge in [0.05, 0.1) is 5.55 Å². The molecule has 7 heavy (non-hydrogen) atoms. The highest BCUT2D eigenvalue weighted by Crippen LogP contribution is 1.93. The summed E-state index contributed by atoms with van der Waals surface area (Å²) in [5, 5.41) is 1.98. The second-order valence-corrected chi connectivity index (χ2v) is 1.72. The third-order valence-corrected chi connectivity index (χ3v) is 1.14. The average molecular weight is 115 g/mol. The molecular weight excluding hydrogens is 106 g/mol. The SMILES string of the molecule is C/C=C/S/C=N\C. The van der Waals surface area contributed by atoms with Crippen molar-refractivity contribution in [1.82, 2.24) is 0 Å². The summed E-state index contributed by atoms with van der Waals surface area (Å²) < 4.78 is 0. The van der Waals surface area contributed by atoms with Gasteiger partial charge in [-0.3, -0.25) is 4.99 Å². The zero-order valence-electron chi connectivity index (χ0n) is 4.59. The molecule has 0 saturated carbocycles. The predicted octanol–water partition coefficient (Wildman–Crippen LogP) is 1.91. The molecule has 0 aromatic carbocycles. The van der Waals surface area contributed by atoms with Gasteiger partial charge in [0.1, 0.15) is 0 Å². The molecule has 0 unspecified atom stereocenters. The molecule has 0 amide bonds. The van der Waals surface area contributed by atoms with Crippen LogP contribution in [0.15, 0.2) is 16.5 Å². The Hall–Kier alpha value is -0.240. The summed E-state index contributed by atoms with van der Waals surface area (Å²) in [7, 11) is 1.76. The maximum absolute atomic E-state index is 3.76. The lowest BCUT2D eigenvalue weighted by Gasteiger charge is -1.73. The van der Waals surface area contributed by atoms with Gasteiger partial charge in [0.25, 0.3) is 0 Å². The molecule has 0 aromatic rings. The Morgan fingerprint density at radius 1 is 1.57 bits per heavy atom. The Balaban J connectivity index is 2.98. The van der Waals surface area contributed by atoms with Crippen molar-refractivity contribution in [2.45, 2.75) is 6.92 Å². The third-order valence-electron chi connectivity index (χ3n) is 0.381. The van der Waals surface area contributed by atoms with Gasteiger partial charge in [-0.05, 0) is 12.3 Å². The first-order valence-electron chi connectivity index (χ1n) is 2.09. The van der Waals surface area contributed by atoms with E-state index in [4.69, 9.17) is 0 Å². The fourth-order valence-corrected chi connectivity index (χ4v) is 0.524. The van der Waals surface area contributed by atoms with E-state index in [9.17, 15) is 0 Å². The van der Waals surface area contributed by atoms with Gasteiger partial charge in [-0.15, -0.1) is 0 Å². The van der Waals surface area contributed by atoms with Gasteiger partial charge in [0.15, 0.2) is 0 Å². The Bertz CT molecular complexity index is 66.1. The quantitative estimate of drug-likeness (QED) is 0.395. The first-order valence-corrected chi connectivity index (χ1v) is 3.03. The topological polar surface area (TPSA) is 12.4 Å².